The molecule has 2 aromatic carbocycles. The molecule has 1 unspecified atom stereocenters. The summed E-state index contributed by atoms with van der Waals surface area (Å²) in [5, 5.41) is 0. The van der Waals surface area contributed by atoms with Crippen LogP contribution in [0.5, 0.6) is 0 Å². The van der Waals surface area contributed by atoms with Crippen LogP contribution in [0, 0.1) is 5.41 Å². The zero-order valence-electron chi connectivity index (χ0n) is 18.5. The van der Waals surface area contributed by atoms with Gasteiger partial charge in [0.25, 0.3) is 11.8 Å². The molecule has 0 saturated carbocycles. The molecular weight excluding hydrogens is 429 g/mol. The highest BCUT2D eigenvalue weighted by molar-refractivity contribution is 6.27. The minimum absolute atomic E-state index is 0.0193. The van der Waals surface area contributed by atoms with Crippen molar-refractivity contribution in [2.75, 3.05) is 16.3 Å². The summed E-state index contributed by atoms with van der Waals surface area (Å²) in [5.41, 5.74) is -0.653. The first-order chi connectivity index (χ1) is 15.7. The topological polar surface area (TPSA) is 40.6 Å². The second kappa shape index (κ2) is 8.06. The molecule has 1 spiro atoms. The molecule has 7 heteroatoms. The van der Waals surface area contributed by atoms with Gasteiger partial charge in [-0.05, 0) is 62.2 Å². The number of para-hydroxylation sites is 1. The second-order valence-corrected chi connectivity index (χ2v) is 7.96. The number of alkyl halides is 3. The smallest absolute Gasteiger partial charge is 0.309 e. The predicted molar refractivity (Wildman–Crippen MR) is 122 cm³/mol. The Hall–Kier alpha value is -3.61. The first-order valence-corrected chi connectivity index (χ1v) is 10.6. The van der Waals surface area contributed by atoms with Crippen LogP contribution >= 0.6 is 0 Å². The van der Waals surface area contributed by atoms with Crippen molar-refractivity contribution in [2.24, 2.45) is 5.41 Å². The number of carbonyl (C=O) groups is 2. The van der Waals surface area contributed by atoms with Gasteiger partial charge in [0.15, 0.2) is 5.41 Å². The molecule has 1 aliphatic carbocycles. The highest BCUT2D eigenvalue weighted by Crippen LogP contribution is 2.50. The Kier molecular flexibility index (Phi) is 5.52. The molecule has 0 N–H and O–H groups in total. The summed E-state index contributed by atoms with van der Waals surface area (Å²) in [6.45, 7) is 5.52. The zero-order valence-corrected chi connectivity index (χ0v) is 18.5. The number of benzene rings is 2. The lowest BCUT2D eigenvalue weighted by Gasteiger charge is -2.32. The van der Waals surface area contributed by atoms with Crippen molar-refractivity contribution in [3.8, 4) is 0 Å². The molecule has 4 nitrogen and oxygen atoms in total. The second-order valence-electron chi connectivity index (χ2n) is 7.96. The fourth-order valence-corrected chi connectivity index (χ4v) is 4.50. The van der Waals surface area contributed by atoms with E-state index in [9.17, 15) is 22.8 Å². The molecule has 0 radical (unpaired) electrons. The van der Waals surface area contributed by atoms with Crippen LogP contribution in [0.1, 0.15) is 26.3 Å². The number of hydrogen-bond acceptors (Lipinski definition) is 2. The molecule has 33 heavy (non-hydrogen) atoms. The van der Waals surface area contributed by atoms with Gasteiger partial charge in [0.2, 0.25) is 0 Å². The van der Waals surface area contributed by atoms with Gasteiger partial charge in [0.05, 0.1) is 16.9 Å². The van der Waals surface area contributed by atoms with Crippen molar-refractivity contribution in [3.63, 3.8) is 0 Å². The predicted octanol–water partition coefficient (Wildman–Crippen LogP) is 6.19. The van der Waals surface area contributed by atoms with E-state index in [0.717, 1.165) is 17.7 Å². The third-order valence-corrected chi connectivity index (χ3v) is 6.05. The lowest BCUT2D eigenvalue weighted by Crippen LogP contribution is -2.50. The molecule has 4 rings (SSSR count). The number of nitrogens with zero attached hydrogens (tertiary/aromatic N) is 2. The van der Waals surface area contributed by atoms with Gasteiger partial charge < -0.3 is 4.90 Å². The summed E-state index contributed by atoms with van der Waals surface area (Å²) < 4.78 is 40.9. The summed E-state index contributed by atoms with van der Waals surface area (Å²) in [7, 11) is 0. The Morgan fingerprint density at radius 2 is 1.70 bits per heavy atom. The summed E-state index contributed by atoms with van der Waals surface area (Å²) in [6.07, 6.45) is 2.15. The molecule has 0 aromatic heterocycles. The van der Waals surface area contributed by atoms with Gasteiger partial charge in [-0.3, -0.25) is 14.5 Å². The van der Waals surface area contributed by atoms with Crippen LogP contribution in [0.15, 0.2) is 84.0 Å². The van der Waals surface area contributed by atoms with E-state index in [-0.39, 0.29) is 17.9 Å². The Morgan fingerprint density at radius 1 is 1.00 bits per heavy atom. The molecule has 0 saturated heterocycles. The molecule has 170 valence electrons. The number of hydrogen-bond donors (Lipinski definition) is 0. The molecule has 0 bridgehead atoms. The minimum atomic E-state index is -4.61. The minimum Gasteiger partial charge on any atom is -0.309 e. The summed E-state index contributed by atoms with van der Waals surface area (Å²) in [4.78, 5) is 30.9. The van der Waals surface area contributed by atoms with E-state index in [2.05, 4.69) is 0 Å². The molecule has 2 aromatic rings. The van der Waals surface area contributed by atoms with E-state index < -0.39 is 29.0 Å². The van der Waals surface area contributed by atoms with Gasteiger partial charge in [-0.1, -0.05) is 42.5 Å². The number of rotatable bonds is 3. The van der Waals surface area contributed by atoms with Crippen LogP contribution < -0.4 is 9.80 Å². The lowest BCUT2D eigenvalue weighted by atomic mass is 9.78. The Bertz CT molecular complexity index is 1210. The highest BCUT2D eigenvalue weighted by Gasteiger charge is 2.55. The van der Waals surface area contributed by atoms with E-state index in [1.807, 2.05) is 6.92 Å². The van der Waals surface area contributed by atoms with Crippen molar-refractivity contribution in [2.45, 2.75) is 26.9 Å². The number of halogens is 3. The number of anilines is 3. The van der Waals surface area contributed by atoms with E-state index in [1.165, 1.54) is 15.9 Å². The van der Waals surface area contributed by atoms with E-state index in [4.69, 9.17) is 0 Å². The number of allylic oxidation sites excluding steroid dienone is 4. The standard InChI is InChI=1S/C26H23F3N2O2/c1-4-9-20-17(3)14-15-25(20)23(32)30(5-2)21-13-12-18(26(27,28)29)16-22(21)31(24(25)33)19-10-7-6-8-11-19/h4,6-16H,5H2,1-3H3/b9-4-. The number of fused-ring (bicyclic) bond motifs is 1. The Morgan fingerprint density at radius 3 is 2.30 bits per heavy atom. The van der Waals surface area contributed by atoms with Gasteiger partial charge in [-0.15, -0.1) is 0 Å². The monoisotopic (exact) mass is 452 g/mol. The number of carbonyl (C=O) groups excluding carboxylic acids is 2. The van der Waals surface area contributed by atoms with Crippen LogP contribution in [0.3, 0.4) is 0 Å². The quantitative estimate of drug-likeness (QED) is 0.522. The van der Waals surface area contributed by atoms with Crippen LogP contribution in [0.4, 0.5) is 30.2 Å². The maximum atomic E-state index is 14.3. The van der Waals surface area contributed by atoms with Gasteiger partial charge in [-0.25, -0.2) is 0 Å². The van der Waals surface area contributed by atoms with Gasteiger partial charge in [0, 0.05) is 12.2 Å². The summed E-state index contributed by atoms with van der Waals surface area (Å²) in [5.74, 6) is -1.10. The molecule has 1 heterocycles. The van der Waals surface area contributed by atoms with Crippen LogP contribution in [0.2, 0.25) is 0 Å². The fourth-order valence-electron chi connectivity index (χ4n) is 4.50. The molecule has 2 amide bonds. The largest absolute Gasteiger partial charge is 0.416 e. The highest BCUT2D eigenvalue weighted by atomic mass is 19.4. The average molecular weight is 452 g/mol. The van der Waals surface area contributed by atoms with Gasteiger partial charge >= 0.3 is 6.18 Å². The molecule has 1 atom stereocenters. The Labute approximate surface area is 190 Å². The Balaban J connectivity index is 2.09. The fraction of sp³-hybridized carbons (Fsp3) is 0.231. The van der Waals surface area contributed by atoms with Crippen LogP contribution in [0.25, 0.3) is 0 Å². The van der Waals surface area contributed by atoms with E-state index in [0.29, 0.717) is 11.3 Å². The maximum absolute atomic E-state index is 14.3. The van der Waals surface area contributed by atoms with Gasteiger partial charge in [0.1, 0.15) is 0 Å². The van der Waals surface area contributed by atoms with Crippen molar-refractivity contribution in [3.05, 3.63) is 89.5 Å². The van der Waals surface area contributed by atoms with Crippen molar-refractivity contribution >= 4 is 28.9 Å². The molecular formula is C26H23F3N2O2. The lowest BCUT2D eigenvalue weighted by molar-refractivity contribution is -0.138. The normalized spacial score (nSPS) is 20.9. The van der Waals surface area contributed by atoms with E-state index >= 15 is 0 Å². The SMILES string of the molecule is C/C=C\C1=C(C)C=CC12C(=O)N(CC)c1ccc(C(F)(F)F)cc1N(c1ccccc1)C2=O. The summed E-state index contributed by atoms with van der Waals surface area (Å²) in [6, 6.07) is 11.6. The average Bonchev–Trinajstić information content (AvgIpc) is 3.09. The van der Waals surface area contributed by atoms with Gasteiger partial charge in [-0.2, -0.15) is 13.2 Å². The third kappa shape index (κ3) is 3.39. The maximum Gasteiger partial charge on any atom is 0.416 e. The molecule has 2 aliphatic rings. The molecule has 1 aliphatic heterocycles. The van der Waals surface area contributed by atoms with E-state index in [1.54, 1.807) is 68.5 Å². The number of amides is 2. The van der Waals surface area contributed by atoms with Crippen molar-refractivity contribution < 1.29 is 22.8 Å². The zero-order chi connectivity index (χ0) is 24.0. The summed E-state index contributed by atoms with van der Waals surface area (Å²) >= 11 is 0. The van der Waals surface area contributed by atoms with Crippen molar-refractivity contribution in [1.82, 2.24) is 0 Å². The first kappa shape index (κ1) is 22.6. The third-order valence-electron chi connectivity index (χ3n) is 6.05. The van der Waals surface area contributed by atoms with Crippen LogP contribution in [-0.2, 0) is 15.8 Å². The molecule has 0 fully saturated rings. The van der Waals surface area contributed by atoms with Crippen LogP contribution in [-0.4, -0.2) is 18.4 Å². The first-order valence-electron chi connectivity index (χ1n) is 10.6. The van der Waals surface area contributed by atoms with Crippen molar-refractivity contribution in [1.29, 1.82) is 0 Å².